The molecular formula is C22H25Cl3SiTi. The van der Waals surface area contributed by atoms with Crippen LogP contribution in [0.5, 0.6) is 0 Å². The van der Waals surface area contributed by atoms with E-state index in [0.29, 0.717) is 0 Å². The van der Waals surface area contributed by atoms with Crippen LogP contribution in [0.2, 0.25) is 9.89 Å². The molecule has 0 radical (unpaired) electrons. The molecule has 5 heteroatoms. The van der Waals surface area contributed by atoms with Crippen molar-refractivity contribution in [1.29, 1.82) is 0 Å². The Balaban J connectivity index is 2.51. The molecule has 2 aromatic carbocycles. The molecule has 0 saturated heterocycles. The summed E-state index contributed by atoms with van der Waals surface area (Å²) in [5.74, 6) is 0. The molecule has 0 nitrogen and oxygen atoms in total. The normalized spacial score (nSPS) is 17.6. The van der Waals surface area contributed by atoms with Gasteiger partial charge in [0.25, 0.3) is 0 Å². The fourth-order valence-corrected chi connectivity index (χ4v) is 26.8. The predicted octanol–water partition coefficient (Wildman–Crippen LogP) is 6.88. The van der Waals surface area contributed by atoms with E-state index >= 15 is 0 Å². The van der Waals surface area contributed by atoms with E-state index in [1.807, 2.05) is 0 Å². The van der Waals surface area contributed by atoms with Gasteiger partial charge in [-0.15, -0.1) is 0 Å². The summed E-state index contributed by atoms with van der Waals surface area (Å²) in [6.07, 6.45) is 0. The molecule has 0 N–H and O–H groups in total. The molecule has 0 unspecified atom stereocenters. The third-order valence-corrected chi connectivity index (χ3v) is 23.8. The first-order chi connectivity index (χ1) is 12.6. The Bertz CT molecular complexity index is 848. The molecule has 142 valence electrons. The molecule has 0 saturated carbocycles. The standard InChI is InChI=1S/C22H25Si.3ClH.Ti/c1-16-17(2)19(4)22(18(16)3)23(5,20-12-8-6-9-13-20)21-14-10-7-11-15-21;;;;/h6-15H,1-5H3;3*1H;/q;;;;+3/p-3. The van der Waals surface area contributed by atoms with Gasteiger partial charge in [0, 0.05) is 0 Å². The first-order valence-corrected chi connectivity index (χ1v) is 18.9. The first-order valence-electron chi connectivity index (χ1n) is 9.14. The maximum absolute atomic E-state index is 7.09. The van der Waals surface area contributed by atoms with E-state index in [1.165, 1.54) is 32.7 Å². The molecular weight excluding hydrogens is 447 g/mol. The topological polar surface area (TPSA) is 0 Å². The van der Waals surface area contributed by atoms with Crippen LogP contribution < -0.4 is 10.4 Å². The van der Waals surface area contributed by atoms with E-state index in [9.17, 15) is 0 Å². The molecule has 0 amide bonds. The number of rotatable bonds is 4. The van der Waals surface area contributed by atoms with Crippen LogP contribution in [-0.2, 0) is 13.4 Å². The molecule has 0 aliphatic heterocycles. The van der Waals surface area contributed by atoms with Gasteiger partial charge in [-0.05, 0) is 0 Å². The van der Waals surface area contributed by atoms with Crippen molar-refractivity contribution >= 4 is 46.4 Å². The number of allylic oxidation sites excluding steroid dienone is 4. The van der Waals surface area contributed by atoms with Gasteiger partial charge < -0.3 is 0 Å². The molecule has 3 rings (SSSR count). The van der Waals surface area contributed by atoms with Crippen molar-refractivity contribution < 1.29 is 13.4 Å². The average Bonchev–Trinajstić information content (AvgIpc) is 2.83. The van der Waals surface area contributed by atoms with Crippen molar-refractivity contribution in [3.05, 3.63) is 83.0 Å². The van der Waals surface area contributed by atoms with Gasteiger partial charge in [-0.1, -0.05) is 0 Å². The van der Waals surface area contributed by atoms with Crippen LogP contribution in [-0.4, -0.2) is 8.07 Å². The molecule has 0 fully saturated rings. The average molecular weight is 472 g/mol. The second-order valence-corrected chi connectivity index (χ2v) is 24.7. The molecule has 0 bridgehead atoms. The van der Waals surface area contributed by atoms with Crippen molar-refractivity contribution in [3.8, 4) is 0 Å². The van der Waals surface area contributed by atoms with Crippen molar-refractivity contribution in [2.24, 2.45) is 0 Å². The van der Waals surface area contributed by atoms with E-state index in [1.54, 1.807) is 0 Å². The zero-order valence-corrected chi connectivity index (χ0v) is 21.2. The van der Waals surface area contributed by atoms with E-state index in [0.717, 1.165) is 0 Å². The number of benzene rings is 2. The Morgan fingerprint density at radius 3 is 1.30 bits per heavy atom. The third-order valence-electron chi connectivity index (χ3n) is 6.69. The SMILES string of the molecule is CC1=C(C)[C]([Si](C)(c2ccccc2)c2ccccc2)([Ti]([Cl])([Cl])[Cl])C(C)=C1C. The molecule has 0 atom stereocenters. The summed E-state index contributed by atoms with van der Waals surface area (Å²) in [6.45, 7) is 11.1. The van der Waals surface area contributed by atoms with Gasteiger partial charge in [0.2, 0.25) is 0 Å². The maximum atomic E-state index is 7.09. The van der Waals surface area contributed by atoms with Crippen molar-refractivity contribution in [3.63, 3.8) is 0 Å². The summed E-state index contributed by atoms with van der Waals surface area (Å²) in [4.78, 5) is 0. The van der Waals surface area contributed by atoms with Gasteiger partial charge in [-0.25, -0.2) is 0 Å². The molecule has 1 aliphatic rings. The van der Waals surface area contributed by atoms with Crippen LogP contribution in [0.15, 0.2) is 83.0 Å². The van der Waals surface area contributed by atoms with Crippen LogP contribution in [0.3, 0.4) is 0 Å². The first kappa shape index (κ1) is 21.4. The van der Waals surface area contributed by atoms with Gasteiger partial charge >= 0.3 is 180 Å². The summed E-state index contributed by atoms with van der Waals surface area (Å²) >= 11 is -3.84. The zero-order chi connectivity index (χ0) is 20.0. The van der Waals surface area contributed by atoms with E-state index in [-0.39, 0.29) is 0 Å². The van der Waals surface area contributed by atoms with Crippen LogP contribution >= 0.6 is 27.9 Å². The van der Waals surface area contributed by atoms with Crippen molar-refractivity contribution in [2.45, 2.75) is 37.6 Å². The predicted molar refractivity (Wildman–Crippen MR) is 121 cm³/mol. The summed E-state index contributed by atoms with van der Waals surface area (Å²) in [6, 6.07) is 21.4. The number of halogens is 3. The number of hydrogen-bond acceptors (Lipinski definition) is 0. The third kappa shape index (κ3) is 2.98. The quantitative estimate of drug-likeness (QED) is 0.426. The molecule has 0 spiro atoms. The van der Waals surface area contributed by atoms with Gasteiger partial charge in [0.15, 0.2) is 0 Å². The number of hydrogen-bond donors (Lipinski definition) is 0. The Hall–Kier alpha value is -0.279. The Kier molecular flexibility index (Phi) is 5.97. The van der Waals surface area contributed by atoms with Crippen LogP contribution in [0.25, 0.3) is 0 Å². The van der Waals surface area contributed by atoms with Gasteiger partial charge in [0.05, 0.1) is 0 Å². The Morgan fingerprint density at radius 1 is 0.667 bits per heavy atom. The second-order valence-electron chi connectivity index (χ2n) is 7.60. The summed E-state index contributed by atoms with van der Waals surface area (Å²) < 4.78 is -0.464. The summed E-state index contributed by atoms with van der Waals surface area (Å²) in [5.41, 5.74) is 5.10. The minimum absolute atomic E-state index is 0.464. The molecule has 0 heterocycles. The molecule has 0 aromatic heterocycles. The molecule has 1 aliphatic carbocycles. The fraction of sp³-hybridized carbons (Fsp3) is 0.273. The van der Waals surface area contributed by atoms with E-state index in [2.05, 4.69) is 94.9 Å². The van der Waals surface area contributed by atoms with Crippen LogP contribution in [0.4, 0.5) is 0 Å². The van der Waals surface area contributed by atoms with Crippen molar-refractivity contribution in [2.75, 3.05) is 0 Å². The fourth-order valence-electron chi connectivity index (χ4n) is 5.01. The zero-order valence-electron chi connectivity index (χ0n) is 16.4. The summed E-state index contributed by atoms with van der Waals surface area (Å²) in [7, 11) is 18.8. The monoisotopic (exact) mass is 470 g/mol. The Morgan fingerprint density at radius 2 is 1.00 bits per heavy atom. The molecule has 2 aromatic rings. The van der Waals surface area contributed by atoms with E-state index < -0.39 is 24.8 Å². The van der Waals surface area contributed by atoms with Gasteiger partial charge in [0.1, 0.15) is 0 Å². The minimum atomic E-state index is -3.84. The van der Waals surface area contributed by atoms with Gasteiger partial charge in [-0.2, -0.15) is 0 Å². The summed E-state index contributed by atoms with van der Waals surface area (Å²) in [5, 5.41) is 2.63. The second kappa shape index (κ2) is 7.52. The van der Waals surface area contributed by atoms with Gasteiger partial charge in [-0.3, -0.25) is 0 Å². The molecule has 27 heavy (non-hydrogen) atoms. The van der Waals surface area contributed by atoms with Crippen molar-refractivity contribution in [1.82, 2.24) is 0 Å². The Labute approximate surface area is 179 Å². The van der Waals surface area contributed by atoms with Crippen LogP contribution in [0.1, 0.15) is 27.7 Å². The van der Waals surface area contributed by atoms with E-state index in [4.69, 9.17) is 27.9 Å². The van der Waals surface area contributed by atoms with Crippen LogP contribution in [0, 0.1) is 0 Å².